The molecule has 8 rings (SSSR count). The van der Waals surface area contributed by atoms with E-state index in [4.69, 9.17) is 9.97 Å². The minimum Gasteiger partial charge on any atom is -0.265 e. The Morgan fingerprint density at radius 2 is 0.932 bits per heavy atom. The predicted molar refractivity (Wildman–Crippen MR) is 180 cm³/mol. The number of aromatic nitrogens is 4. The van der Waals surface area contributed by atoms with Crippen LogP contribution in [0.3, 0.4) is 0 Å². The quantitative estimate of drug-likeness (QED) is 0.196. The summed E-state index contributed by atoms with van der Waals surface area (Å²) in [7, 11) is 0. The van der Waals surface area contributed by atoms with Crippen molar-refractivity contribution in [2.45, 2.75) is 0 Å². The summed E-state index contributed by atoms with van der Waals surface area (Å²) in [4.78, 5) is 18.1. The number of pyridine rings is 4. The van der Waals surface area contributed by atoms with Crippen LogP contribution in [0.5, 0.6) is 0 Å². The molecule has 44 heavy (non-hydrogen) atoms. The summed E-state index contributed by atoms with van der Waals surface area (Å²) in [6, 6.07) is 44.7. The summed E-state index contributed by atoms with van der Waals surface area (Å²) in [5.74, 6) is 0. The van der Waals surface area contributed by atoms with Crippen molar-refractivity contribution in [1.29, 1.82) is 0 Å². The lowest BCUT2D eigenvalue weighted by atomic mass is 9.95. The van der Waals surface area contributed by atoms with E-state index in [9.17, 15) is 0 Å². The molecule has 0 spiro atoms. The van der Waals surface area contributed by atoms with Crippen molar-refractivity contribution in [2.75, 3.05) is 0 Å². The highest BCUT2D eigenvalue weighted by Crippen LogP contribution is 2.34. The van der Waals surface area contributed by atoms with E-state index in [-0.39, 0.29) is 0 Å². The number of rotatable bonds is 5. The molecular weight excluding hydrogens is 536 g/mol. The second-order valence-corrected chi connectivity index (χ2v) is 10.8. The maximum absolute atomic E-state index is 4.99. The van der Waals surface area contributed by atoms with Crippen LogP contribution < -0.4 is 0 Å². The fraction of sp³-hybridized carbons (Fsp3) is 0. The first-order chi connectivity index (χ1) is 21.8. The first-order valence-corrected chi connectivity index (χ1v) is 14.6. The molecule has 206 valence electrons. The molecule has 8 aromatic rings. The van der Waals surface area contributed by atoms with Crippen LogP contribution in [0.1, 0.15) is 0 Å². The van der Waals surface area contributed by atoms with Crippen LogP contribution in [-0.2, 0) is 0 Å². The van der Waals surface area contributed by atoms with E-state index in [0.717, 1.165) is 55.7 Å². The summed E-state index contributed by atoms with van der Waals surface area (Å²) in [5, 5.41) is 3.57. The normalized spacial score (nSPS) is 11.2. The molecule has 0 amide bonds. The van der Waals surface area contributed by atoms with Crippen LogP contribution in [0.4, 0.5) is 0 Å². The molecule has 0 saturated carbocycles. The molecule has 4 aromatic heterocycles. The number of benzene rings is 4. The van der Waals surface area contributed by atoms with E-state index in [1.165, 1.54) is 21.9 Å². The third kappa shape index (κ3) is 4.89. The van der Waals surface area contributed by atoms with Gasteiger partial charge in [0.25, 0.3) is 0 Å². The standard InChI is InChI=1S/C40H26N4/c1-2-7-36-34(4-1)26-43-40-23-33(12-13-37(36)40)28-10-8-27(9-11-28)31-5-3-6-32(22-31)35-24-38(29-14-18-41-19-15-29)44-39(25-35)30-16-20-42-21-17-30/h1-26H. The molecule has 4 heteroatoms. The van der Waals surface area contributed by atoms with Gasteiger partial charge in [0.15, 0.2) is 0 Å². The second kappa shape index (κ2) is 11.0. The molecule has 0 fully saturated rings. The third-order valence-corrected chi connectivity index (χ3v) is 8.12. The molecule has 0 N–H and O–H groups in total. The molecule has 4 aromatic carbocycles. The molecule has 4 heterocycles. The van der Waals surface area contributed by atoms with Gasteiger partial charge in [0, 0.05) is 52.9 Å². The number of hydrogen-bond acceptors (Lipinski definition) is 4. The summed E-state index contributed by atoms with van der Waals surface area (Å²) in [6.45, 7) is 0. The fourth-order valence-electron chi connectivity index (χ4n) is 5.81. The first kappa shape index (κ1) is 25.7. The predicted octanol–water partition coefficient (Wildman–Crippen LogP) is 9.91. The Balaban J connectivity index is 1.14. The number of nitrogens with zero attached hydrogens (tertiary/aromatic N) is 4. The summed E-state index contributed by atoms with van der Waals surface area (Å²) in [6.07, 6.45) is 9.17. The zero-order valence-electron chi connectivity index (χ0n) is 23.8. The van der Waals surface area contributed by atoms with Crippen LogP contribution in [0.15, 0.2) is 158 Å². The van der Waals surface area contributed by atoms with Crippen LogP contribution in [0.2, 0.25) is 0 Å². The van der Waals surface area contributed by atoms with Crippen LogP contribution >= 0.6 is 0 Å². The number of fused-ring (bicyclic) bond motifs is 3. The summed E-state index contributed by atoms with van der Waals surface area (Å²) < 4.78 is 0. The molecule has 4 nitrogen and oxygen atoms in total. The molecule has 0 bridgehead atoms. The van der Waals surface area contributed by atoms with E-state index in [0.29, 0.717) is 0 Å². The monoisotopic (exact) mass is 562 g/mol. The van der Waals surface area contributed by atoms with E-state index in [1.807, 2.05) is 30.5 Å². The molecule has 0 saturated heterocycles. The van der Waals surface area contributed by atoms with Crippen molar-refractivity contribution in [2.24, 2.45) is 0 Å². The molecule has 0 aliphatic carbocycles. The maximum atomic E-state index is 4.99. The van der Waals surface area contributed by atoms with Gasteiger partial charge >= 0.3 is 0 Å². The molecule has 0 aliphatic rings. The second-order valence-electron chi connectivity index (χ2n) is 10.8. The molecule has 0 unspecified atom stereocenters. The lowest BCUT2D eigenvalue weighted by molar-refractivity contribution is 1.27. The average molecular weight is 563 g/mol. The zero-order chi connectivity index (χ0) is 29.3. The van der Waals surface area contributed by atoms with Gasteiger partial charge < -0.3 is 0 Å². The Morgan fingerprint density at radius 1 is 0.364 bits per heavy atom. The van der Waals surface area contributed by atoms with Crippen molar-refractivity contribution in [3.8, 4) is 55.9 Å². The van der Waals surface area contributed by atoms with Crippen molar-refractivity contribution in [3.05, 3.63) is 158 Å². The Kier molecular flexibility index (Phi) is 6.43. The highest BCUT2D eigenvalue weighted by Gasteiger charge is 2.11. The largest absolute Gasteiger partial charge is 0.265 e. The van der Waals surface area contributed by atoms with Gasteiger partial charge in [0.2, 0.25) is 0 Å². The Morgan fingerprint density at radius 3 is 1.59 bits per heavy atom. The first-order valence-electron chi connectivity index (χ1n) is 14.6. The Labute approximate surface area is 255 Å². The van der Waals surface area contributed by atoms with E-state index in [1.54, 1.807) is 24.8 Å². The summed E-state index contributed by atoms with van der Waals surface area (Å²) >= 11 is 0. The van der Waals surface area contributed by atoms with Crippen molar-refractivity contribution in [1.82, 2.24) is 19.9 Å². The van der Waals surface area contributed by atoms with Gasteiger partial charge in [-0.3, -0.25) is 15.0 Å². The Bertz CT molecular complexity index is 2200. The lowest BCUT2D eigenvalue weighted by Gasteiger charge is -2.12. The lowest BCUT2D eigenvalue weighted by Crippen LogP contribution is -1.92. The van der Waals surface area contributed by atoms with Crippen LogP contribution in [0.25, 0.3) is 77.6 Å². The smallest absolute Gasteiger partial charge is 0.0716 e. The van der Waals surface area contributed by atoms with Gasteiger partial charge in [-0.25, -0.2) is 4.98 Å². The van der Waals surface area contributed by atoms with Crippen LogP contribution in [-0.4, -0.2) is 19.9 Å². The minimum atomic E-state index is 0.907. The van der Waals surface area contributed by atoms with E-state index >= 15 is 0 Å². The zero-order valence-corrected chi connectivity index (χ0v) is 23.8. The third-order valence-electron chi connectivity index (χ3n) is 8.12. The van der Waals surface area contributed by atoms with Crippen molar-refractivity contribution >= 4 is 21.7 Å². The molecule has 0 atom stereocenters. The number of hydrogen-bond donors (Lipinski definition) is 0. The SMILES string of the molecule is c1cc(-c2ccc(-c3ccc4c(c3)ncc3ccccc34)cc2)cc(-c2cc(-c3ccncc3)nc(-c3ccncc3)c2)c1. The maximum Gasteiger partial charge on any atom is 0.0716 e. The molecule has 0 aliphatic heterocycles. The summed E-state index contributed by atoms with van der Waals surface area (Å²) in [5.41, 5.74) is 11.8. The minimum absolute atomic E-state index is 0.907. The van der Waals surface area contributed by atoms with Crippen molar-refractivity contribution < 1.29 is 0 Å². The van der Waals surface area contributed by atoms with Crippen LogP contribution in [0, 0.1) is 0 Å². The van der Waals surface area contributed by atoms with E-state index < -0.39 is 0 Å². The Hall–Kier alpha value is -6.00. The van der Waals surface area contributed by atoms with Gasteiger partial charge in [0.1, 0.15) is 0 Å². The van der Waals surface area contributed by atoms with Crippen molar-refractivity contribution in [3.63, 3.8) is 0 Å². The fourth-order valence-corrected chi connectivity index (χ4v) is 5.81. The van der Waals surface area contributed by atoms with Gasteiger partial charge in [0.05, 0.1) is 16.9 Å². The van der Waals surface area contributed by atoms with Gasteiger partial charge in [-0.2, -0.15) is 0 Å². The highest BCUT2D eigenvalue weighted by atomic mass is 14.7. The molecular formula is C40H26N4. The van der Waals surface area contributed by atoms with E-state index in [2.05, 4.69) is 113 Å². The van der Waals surface area contributed by atoms with Gasteiger partial charge in [-0.1, -0.05) is 78.9 Å². The van der Waals surface area contributed by atoms with Gasteiger partial charge in [-0.05, 0) is 87.3 Å². The average Bonchev–Trinajstić information content (AvgIpc) is 3.12. The topological polar surface area (TPSA) is 51.6 Å². The van der Waals surface area contributed by atoms with Gasteiger partial charge in [-0.15, -0.1) is 0 Å². The molecule has 0 radical (unpaired) electrons. The highest BCUT2D eigenvalue weighted by molar-refractivity contribution is 6.06.